The first kappa shape index (κ1) is 31.4. The molecule has 2 N–H and O–H groups in total. The van der Waals surface area contributed by atoms with Crippen molar-refractivity contribution in [2.24, 2.45) is 5.73 Å². The van der Waals surface area contributed by atoms with Gasteiger partial charge >= 0.3 is 0 Å². The van der Waals surface area contributed by atoms with Crippen LogP contribution in [0.25, 0.3) is 0 Å². The van der Waals surface area contributed by atoms with E-state index in [0.717, 1.165) is 49.2 Å². The SMILES string of the molecule is C[Si](C)(C)CCOCN1C(=O)CCC(N2Cc3c(C#CCN4CCN(c5ccc(C(N)=O)cn5)CC4)cccc3C2=O)C1=O. The van der Waals surface area contributed by atoms with Crippen molar-refractivity contribution in [2.75, 3.05) is 51.0 Å². The smallest absolute Gasteiger partial charge is 0.255 e. The molecule has 1 aromatic carbocycles. The van der Waals surface area contributed by atoms with Gasteiger partial charge in [-0.15, -0.1) is 0 Å². The van der Waals surface area contributed by atoms with E-state index in [1.807, 2.05) is 18.2 Å². The molecule has 232 valence electrons. The number of ether oxygens (including phenoxy) is 1. The third kappa shape index (κ3) is 7.18. The fourth-order valence-electron chi connectivity index (χ4n) is 5.60. The highest BCUT2D eigenvalue weighted by Crippen LogP contribution is 2.31. The first-order valence-corrected chi connectivity index (χ1v) is 18.8. The molecule has 1 aromatic heterocycles. The number of piperazine rings is 1. The number of anilines is 1. The van der Waals surface area contributed by atoms with Gasteiger partial charge in [-0.3, -0.25) is 29.0 Å². The van der Waals surface area contributed by atoms with Gasteiger partial charge in [-0.2, -0.15) is 0 Å². The van der Waals surface area contributed by atoms with Crippen LogP contribution in [-0.2, 0) is 20.9 Å². The van der Waals surface area contributed by atoms with Crippen LogP contribution in [0.1, 0.15) is 44.7 Å². The summed E-state index contributed by atoms with van der Waals surface area (Å²) in [4.78, 5) is 62.2. The first-order valence-electron chi connectivity index (χ1n) is 15.1. The van der Waals surface area contributed by atoms with Crippen molar-refractivity contribution in [3.05, 3.63) is 58.8 Å². The molecule has 5 rings (SSSR count). The number of likely N-dealkylation sites (tertiary alicyclic amines) is 1. The van der Waals surface area contributed by atoms with Crippen molar-refractivity contribution < 1.29 is 23.9 Å². The summed E-state index contributed by atoms with van der Waals surface area (Å²) in [6.45, 7) is 11.2. The Bertz CT molecular complexity index is 1490. The zero-order valence-corrected chi connectivity index (χ0v) is 26.7. The highest BCUT2D eigenvalue weighted by atomic mass is 28.3. The lowest BCUT2D eigenvalue weighted by Gasteiger charge is -2.35. The predicted molar refractivity (Wildman–Crippen MR) is 168 cm³/mol. The van der Waals surface area contributed by atoms with Crippen molar-refractivity contribution >= 4 is 37.5 Å². The van der Waals surface area contributed by atoms with Crippen LogP contribution < -0.4 is 10.6 Å². The summed E-state index contributed by atoms with van der Waals surface area (Å²) in [5.41, 5.74) is 7.86. The number of primary amides is 1. The van der Waals surface area contributed by atoms with E-state index >= 15 is 0 Å². The number of amides is 4. The molecule has 2 fully saturated rings. The number of imide groups is 1. The van der Waals surface area contributed by atoms with Gasteiger partial charge in [0.2, 0.25) is 11.8 Å². The van der Waals surface area contributed by atoms with Crippen LogP contribution in [0.4, 0.5) is 5.82 Å². The van der Waals surface area contributed by atoms with Crippen molar-refractivity contribution in [3.8, 4) is 11.8 Å². The largest absolute Gasteiger partial charge is 0.366 e. The van der Waals surface area contributed by atoms with E-state index in [9.17, 15) is 19.2 Å². The number of hydrogen-bond donors (Lipinski definition) is 1. The quantitative estimate of drug-likeness (QED) is 0.196. The lowest BCUT2D eigenvalue weighted by atomic mass is 10.0. The van der Waals surface area contributed by atoms with Crippen LogP contribution in [0, 0.1) is 11.8 Å². The maximum Gasteiger partial charge on any atom is 0.255 e. The van der Waals surface area contributed by atoms with Crippen molar-refractivity contribution in [1.29, 1.82) is 0 Å². The Balaban J connectivity index is 1.17. The van der Waals surface area contributed by atoms with E-state index < -0.39 is 20.0 Å². The van der Waals surface area contributed by atoms with Crippen LogP contribution in [0.2, 0.25) is 25.7 Å². The number of nitrogens with two attached hydrogens (primary N) is 1. The standard InChI is InChI=1S/C32H40N6O5Si/c1-44(2,3)19-18-43-22-38-29(39)12-10-27(32(38)42)37-21-26-23(6-4-8-25(26)31(37)41)7-5-13-35-14-16-36(17-15-35)28-11-9-24(20-34-28)30(33)40/h4,6,8-9,11,20,27H,10,12-19,21-22H2,1-3H3,(H2,33,40). The van der Waals surface area contributed by atoms with E-state index in [4.69, 9.17) is 10.5 Å². The summed E-state index contributed by atoms with van der Waals surface area (Å²) >= 11 is 0. The van der Waals surface area contributed by atoms with Crippen LogP contribution in [0.3, 0.4) is 0 Å². The Morgan fingerprint density at radius 2 is 1.86 bits per heavy atom. The van der Waals surface area contributed by atoms with Gasteiger partial charge in [0, 0.05) is 71.1 Å². The summed E-state index contributed by atoms with van der Waals surface area (Å²) in [5.74, 6) is 6.02. The van der Waals surface area contributed by atoms with E-state index in [1.54, 1.807) is 17.0 Å². The molecule has 11 nitrogen and oxygen atoms in total. The lowest BCUT2D eigenvalue weighted by Crippen LogP contribution is -2.55. The molecule has 12 heteroatoms. The van der Waals surface area contributed by atoms with Gasteiger partial charge in [0.15, 0.2) is 0 Å². The van der Waals surface area contributed by atoms with Gasteiger partial charge in [-0.25, -0.2) is 4.98 Å². The third-order valence-electron chi connectivity index (χ3n) is 8.33. The van der Waals surface area contributed by atoms with Gasteiger partial charge in [-0.05, 0) is 42.3 Å². The number of carbonyl (C=O) groups excluding carboxylic acids is 4. The van der Waals surface area contributed by atoms with Gasteiger partial charge in [0.05, 0.1) is 12.1 Å². The molecule has 0 spiro atoms. The first-order chi connectivity index (χ1) is 21.0. The zero-order chi connectivity index (χ0) is 31.4. The molecule has 4 amide bonds. The molecule has 0 saturated carbocycles. The van der Waals surface area contributed by atoms with E-state index in [0.29, 0.717) is 30.7 Å². The molecule has 2 aromatic rings. The van der Waals surface area contributed by atoms with Crippen LogP contribution in [0.15, 0.2) is 36.5 Å². The predicted octanol–water partition coefficient (Wildman–Crippen LogP) is 2.14. The highest BCUT2D eigenvalue weighted by molar-refractivity contribution is 6.76. The van der Waals surface area contributed by atoms with Crippen LogP contribution in [0.5, 0.6) is 0 Å². The highest BCUT2D eigenvalue weighted by Gasteiger charge is 2.43. The van der Waals surface area contributed by atoms with E-state index in [1.165, 1.54) is 11.1 Å². The van der Waals surface area contributed by atoms with Crippen molar-refractivity contribution in [1.82, 2.24) is 19.7 Å². The second-order valence-corrected chi connectivity index (χ2v) is 18.3. The van der Waals surface area contributed by atoms with Crippen molar-refractivity contribution in [2.45, 2.75) is 51.1 Å². The number of hydrogen-bond acceptors (Lipinski definition) is 8. The second kappa shape index (κ2) is 13.3. The zero-order valence-electron chi connectivity index (χ0n) is 25.7. The summed E-state index contributed by atoms with van der Waals surface area (Å²) in [6, 6.07) is 9.26. The Morgan fingerprint density at radius 1 is 1.09 bits per heavy atom. The molecule has 0 radical (unpaired) electrons. The van der Waals surface area contributed by atoms with Gasteiger partial charge in [0.1, 0.15) is 18.6 Å². The topological polar surface area (TPSA) is 129 Å². The van der Waals surface area contributed by atoms with Crippen LogP contribution >= 0.6 is 0 Å². The summed E-state index contributed by atoms with van der Waals surface area (Å²) < 4.78 is 5.72. The molecule has 1 unspecified atom stereocenters. The number of carbonyl (C=O) groups is 4. The molecule has 0 bridgehead atoms. The summed E-state index contributed by atoms with van der Waals surface area (Å²) in [5, 5.41) is 0. The average Bonchev–Trinajstić information content (AvgIpc) is 3.33. The molecular formula is C32H40N6O5Si. The second-order valence-electron chi connectivity index (χ2n) is 12.7. The Kier molecular flexibility index (Phi) is 9.48. The third-order valence-corrected chi connectivity index (χ3v) is 10.0. The van der Waals surface area contributed by atoms with Gasteiger partial charge in [-0.1, -0.05) is 37.5 Å². The van der Waals surface area contributed by atoms with Crippen molar-refractivity contribution in [3.63, 3.8) is 0 Å². The maximum atomic E-state index is 13.4. The Morgan fingerprint density at radius 3 is 2.55 bits per heavy atom. The van der Waals surface area contributed by atoms with Gasteiger partial charge in [0.25, 0.3) is 11.8 Å². The summed E-state index contributed by atoms with van der Waals surface area (Å²) in [6.07, 6.45) is 2.01. The normalized spacial score (nSPS) is 19.2. The number of fused-ring (bicyclic) bond motifs is 1. The fourth-order valence-corrected chi connectivity index (χ4v) is 6.36. The van der Waals surface area contributed by atoms with E-state index in [2.05, 4.69) is 46.3 Å². The molecule has 2 saturated heterocycles. The van der Waals surface area contributed by atoms with E-state index in [-0.39, 0.29) is 37.4 Å². The molecule has 44 heavy (non-hydrogen) atoms. The minimum atomic E-state index is -1.30. The Labute approximate surface area is 259 Å². The number of piperidine rings is 1. The molecule has 0 aliphatic carbocycles. The Hall–Kier alpha value is -4.05. The van der Waals surface area contributed by atoms with Gasteiger partial charge < -0.3 is 20.3 Å². The number of pyridine rings is 1. The molecular weight excluding hydrogens is 576 g/mol. The molecule has 3 aliphatic heterocycles. The maximum absolute atomic E-state index is 13.4. The minimum absolute atomic E-state index is 0.0727. The van der Waals surface area contributed by atoms with Crippen LogP contribution in [-0.4, -0.2) is 103 Å². The monoisotopic (exact) mass is 616 g/mol. The average molecular weight is 617 g/mol. The summed E-state index contributed by atoms with van der Waals surface area (Å²) in [7, 11) is -1.30. The molecule has 3 aliphatic rings. The number of nitrogens with zero attached hydrogens (tertiary/aromatic N) is 5. The lowest BCUT2D eigenvalue weighted by molar-refractivity contribution is -0.158. The fraction of sp³-hybridized carbons (Fsp3) is 0.469. The minimum Gasteiger partial charge on any atom is -0.366 e. The number of benzene rings is 1. The molecule has 1 atom stereocenters. The number of rotatable bonds is 9. The molecule has 4 heterocycles. The number of aromatic nitrogens is 1.